The van der Waals surface area contributed by atoms with Gasteiger partial charge in [0.05, 0.1) is 30.1 Å². The number of hydrogen-bond acceptors (Lipinski definition) is 4. The van der Waals surface area contributed by atoms with E-state index in [-0.39, 0.29) is 41.1 Å². The average molecular weight is 365 g/mol. The maximum absolute atomic E-state index is 12.9. The third-order valence-electron chi connectivity index (χ3n) is 5.71. The number of halogens is 1. The zero-order valence-electron chi connectivity index (χ0n) is 14.2. The summed E-state index contributed by atoms with van der Waals surface area (Å²) in [5, 5.41) is 9.98. The molecule has 6 nitrogen and oxygen atoms in total. The highest BCUT2D eigenvalue weighted by atomic mass is 35.5. The molecule has 134 valence electrons. The molecule has 3 atom stereocenters. The fourth-order valence-electron chi connectivity index (χ4n) is 4.43. The van der Waals surface area contributed by atoms with Gasteiger partial charge in [0, 0.05) is 18.5 Å². The number of hydrogen-bond donors (Lipinski definition) is 1. The molecule has 0 bridgehead atoms. The summed E-state index contributed by atoms with van der Waals surface area (Å²) in [7, 11) is 0. The first-order valence-electron chi connectivity index (χ1n) is 8.61. The Morgan fingerprint density at radius 3 is 2.88 bits per heavy atom. The summed E-state index contributed by atoms with van der Waals surface area (Å²) >= 11 is 5.82. The predicted molar refractivity (Wildman–Crippen MR) is 91.3 cm³/mol. The molecule has 1 N–H and O–H groups in total. The van der Waals surface area contributed by atoms with Crippen LogP contribution >= 0.6 is 11.6 Å². The number of ether oxygens (including phenoxy) is 1. The van der Waals surface area contributed by atoms with Crippen molar-refractivity contribution >= 4 is 23.4 Å². The number of carbonyl (C=O) groups is 2. The number of rotatable bonds is 2. The number of phenolic OH excluding ortho intramolecular Hbond substituents is 1. The SMILES string of the molecule is CC(C)[C@@H]1CO[C@@]23CCN(C(=O)c4ccc(Cl)c(O)c4)[C@@H]2CC(=O)N13. The molecule has 2 amide bonds. The molecule has 0 saturated carbocycles. The zero-order chi connectivity index (χ0) is 17.9. The fourth-order valence-corrected chi connectivity index (χ4v) is 4.54. The van der Waals surface area contributed by atoms with Gasteiger partial charge in [-0.05, 0) is 24.1 Å². The van der Waals surface area contributed by atoms with Gasteiger partial charge in [-0.1, -0.05) is 25.4 Å². The number of carbonyl (C=O) groups excluding carboxylic acids is 2. The topological polar surface area (TPSA) is 70.1 Å². The van der Waals surface area contributed by atoms with Crippen LogP contribution in [0.5, 0.6) is 5.75 Å². The minimum atomic E-state index is -0.684. The van der Waals surface area contributed by atoms with Crippen LogP contribution < -0.4 is 0 Å². The van der Waals surface area contributed by atoms with Crippen LogP contribution in [0.2, 0.25) is 5.02 Å². The van der Waals surface area contributed by atoms with E-state index < -0.39 is 5.72 Å². The quantitative estimate of drug-likeness (QED) is 0.873. The van der Waals surface area contributed by atoms with Crippen molar-refractivity contribution < 1.29 is 19.4 Å². The third-order valence-corrected chi connectivity index (χ3v) is 6.03. The van der Waals surface area contributed by atoms with Gasteiger partial charge in [-0.2, -0.15) is 0 Å². The molecule has 1 aromatic carbocycles. The molecule has 1 aromatic rings. The molecule has 0 aromatic heterocycles. The van der Waals surface area contributed by atoms with Gasteiger partial charge in [0.25, 0.3) is 5.91 Å². The van der Waals surface area contributed by atoms with Crippen LogP contribution in [0.4, 0.5) is 0 Å². The predicted octanol–water partition coefficient (Wildman–Crippen LogP) is 2.24. The van der Waals surface area contributed by atoms with E-state index in [4.69, 9.17) is 16.3 Å². The Hall–Kier alpha value is -1.79. The molecule has 4 rings (SSSR count). The summed E-state index contributed by atoms with van der Waals surface area (Å²) in [5.74, 6) is 0.0281. The van der Waals surface area contributed by atoms with Crippen molar-refractivity contribution in [1.82, 2.24) is 9.80 Å². The summed E-state index contributed by atoms with van der Waals surface area (Å²) in [6.45, 7) is 5.22. The van der Waals surface area contributed by atoms with Gasteiger partial charge in [0.2, 0.25) is 5.91 Å². The van der Waals surface area contributed by atoms with E-state index in [1.54, 1.807) is 11.0 Å². The van der Waals surface area contributed by atoms with Crippen LogP contribution in [-0.4, -0.2) is 57.7 Å². The molecule has 3 aliphatic rings. The lowest BCUT2D eigenvalue weighted by Gasteiger charge is -2.34. The van der Waals surface area contributed by atoms with E-state index in [0.29, 0.717) is 31.1 Å². The van der Waals surface area contributed by atoms with Crippen molar-refractivity contribution in [2.75, 3.05) is 13.2 Å². The molecule has 3 fully saturated rings. The van der Waals surface area contributed by atoms with Crippen LogP contribution in [0.15, 0.2) is 18.2 Å². The number of amides is 2. The van der Waals surface area contributed by atoms with E-state index in [1.165, 1.54) is 12.1 Å². The Bertz CT molecular complexity index is 753. The molecule has 0 radical (unpaired) electrons. The summed E-state index contributed by atoms with van der Waals surface area (Å²) in [6.07, 6.45) is 0.909. The second-order valence-electron chi connectivity index (χ2n) is 7.37. The highest BCUT2D eigenvalue weighted by Gasteiger charge is 2.65. The first kappa shape index (κ1) is 16.7. The highest BCUT2D eigenvalue weighted by molar-refractivity contribution is 6.32. The van der Waals surface area contributed by atoms with Crippen molar-refractivity contribution in [3.63, 3.8) is 0 Å². The van der Waals surface area contributed by atoms with Crippen LogP contribution in [0.1, 0.15) is 37.0 Å². The fraction of sp³-hybridized carbons (Fsp3) is 0.556. The van der Waals surface area contributed by atoms with E-state index >= 15 is 0 Å². The monoisotopic (exact) mass is 364 g/mol. The normalized spacial score (nSPS) is 31.0. The molecule has 7 heteroatoms. The molecule has 0 unspecified atom stereocenters. The van der Waals surface area contributed by atoms with Crippen LogP contribution in [0, 0.1) is 5.92 Å². The molecule has 25 heavy (non-hydrogen) atoms. The molecule has 3 aliphatic heterocycles. The third kappa shape index (κ3) is 2.27. The zero-order valence-corrected chi connectivity index (χ0v) is 15.0. The molecule has 1 spiro atoms. The molecule has 3 heterocycles. The van der Waals surface area contributed by atoms with E-state index in [0.717, 1.165) is 0 Å². The van der Waals surface area contributed by atoms with E-state index in [1.807, 2.05) is 4.90 Å². The Balaban J connectivity index is 1.64. The standard InChI is InChI=1S/C18H21ClN2O4/c1-10(2)13-9-25-18-5-6-20(15(18)8-16(23)21(13)18)17(24)11-3-4-12(19)14(22)7-11/h3-4,7,10,13,15,22H,5-6,8-9H2,1-2H3/t13-,15+,18-/m0/s1. The molecule has 0 aliphatic carbocycles. The second kappa shape index (κ2) is 5.61. The van der Waals surface area contributed by atoms with Crippen LogP contribution in [-0.2, 0) is 9.53 Å². The van der Waals surface area contributed by atoms with Crippen molar-refractivity contribution in [3.8, 4) is 5.75 Å². The average Bonchev–Trinajstić information content (AvgIpc) is 3.19. The van der Waals surface area contributed by atoms with Gasteiger partial charge >= 0.3 is 0 Å². The van der Waals surface area contributed by atoms with E-state index in [2.05, 4.69) is 13.8 Å². The summed E-state index contributed by atoms with van der Waals surface area (Å²) in [6, 6.07) is 4.25. The van der Waals surface area contributed by atoms with Crippen LogP contribution in [0.25, 0.3) is 0 Å². The largest absolute Gasteiger partial charge is 0.506 e. The van der Waals surface area contributed by atoms with Crippen molar-refractivity contribution in [1.29, 1.82) is 0 Å². The minimum Gasteiger partial charge on any atom is -0.506 e. The number of aromatic hydroxyl groups is 1. The first-order chi connectivity index (χ1) is 11.8. The summed E-state index contributed by atoms with van der Waals surface area (Å²) in [5.41, 5.74) is -0.320. The number of likely N-dealkylation sites (tertiary alicyclic amines) is 1. The van der Waals surface area contributed by atoms with Crippen molar-refractivity contribution in [3.05, 3.63) is 28.8 Å². The number of benzene rings is 1. The van der Waals surface area contributed by atoms with Crippen molar-refractivity contribution in [2.45, 2.75) is 44.5 Å². The lowest BCUT2D eigenvalue weighted by atomic mass is 10.0. The van der Waals surface area contributed by atoms with Crippen LogP contribution in [0.3, 0.4) is 0 Å². The Labute approximate surface area is 151 Å². The Morgan fingerprint density at radius 1 is 1.44 bits per heavy atom. The highest BCUT2D eigenvalue weighted by Crippen LogP contribution is 2.49. The first-order valence-corrected chi connectivity index (χ1v) is 8.98. The van der Waals surface area contributed by atoms with Gasteiger partial charge < -0.3 is 19.6 Å². The minimum absolute atomic E-state index is 0.0534. The van der Waals surface area contributed by atoms with Gasteiger partial charge in [0.15, 0.2) is 5.72 Å². The molecule has 3 saturated heterocycles. The molecular formula is C18H21ClN2O4. The van der Waals surface area contributed by atoms with Crippen molar-refractivity contribution in [2.24, 2.45) is 5.92 Å². The Morgan fingerprint density at radius 2 is 2.20 bits per heavy atom. The molecular weight excluding hydrogens is 344 g/mol. The smallest absolute Gasteiger partial charge is 0.254 e. The van der Waals surface area contributed by atoms with Gasteiger partial charge in [-0.25, -0.2) is 0 Å². The summed E-state index contributed by atoms with van der Waals surface area (Å²) in [4.78, 5) is 29.2. The maximum Gasteiger partial charge on any atom is 0.254 e. The second-order valence-corrected chi connectivity index (χ2v) is 7.77. The number of phenols is 1. The van der Waals surface area contributed by atoms with Gasteiger partial charge in [-0.15, -0.1) is 0 Å². The Kier molecular flexibility index (Phi) is 3.74. The summed E-state index contributed by atoms with van der Waals surface area (Å²) < 4.78 is 6.13. The number of nitrogens with zero attached hydrogens (tertiary/aromatic N) is 2. The lowest BCUT2D eigenvalue weighted by molar-refractivity contribution is -0.139. The van der Waals surface area contributed by atoms with Gasteiger partial charge in [-0.3, -0.25) is 9.59 Å². The maximum atomic E-state index is 12.9. The lowest BCUT2D eigenvalue weighted by Crippen LogP contribution is -2.51. The van der Waals surface area contributed by atoms with Gasteiger partial charge in [0.1, 0.15) is 5.75 Å². The van der Waals surface area contributed by atoms with E-state index in [9.17, 15) is 14.7 Å².